The highest BCUT2D eigenvalue weighted by Crippen LogP contribution is 2.28. The van der Waals surface area contributed by atoms with Gasteiger partial charge < -0.3 is 9.80 Å². The summed E-state index contributed by atoms with van der Waals surface area (Å²) in [6, 6.07) is 9.97. The lowest BCUT2D eigenvalue weighted by Gasteiger charge is -2.30. The van der Waals surface area contributed by atoms with Gasteiger partial charge in [-0.3, -0.25) is 9.59 Å². The zero-order chi connectivity index (χ0) is 22.9. The molecule has 8 heteroatoms. The van der Waals surface area contributed by atoms with Crippen molar-refractivity contribution in [2.45, 2.75) is 45.7 Å². The van der Waals surface area contributed by atoms with Crippen LogP contribution in [-0.4, -0.2) is 60.7 Å². The molecule has 1 aromatic carbocycles. The second-order valence-corrected chi connectivity index (χ2v) is 12.3. The fourth-order valence-corrected chi connectivity index (χ4v) is 7.17. The maximum Gasteiger partial charge on any atom is 0.228 e. The minimum Gasteiger partial charge on any atom is -0.342 e. The summed E-state index contributed by atoms with van der Waals surface area (Å²) < 4.78 is 24.2. The highest BCUT2D eigenvalue weighted by atomic mass is 32.2. The minimum absolute atomic E-state index is 0.00163. The lowest BCUT2D eigenvalue weighted by molar-refractivity contribution is -0.138. The van der Waals surface area contributed by atoms with Crippen molar-refractivity contribution in [3.8, 4) is 0 Å². The first kappa shape index (κ1) is 23.0. The molecule has 0 N–H and O–H groups in total. The SMILES string of the molecule is Cc1ccc(CCN2CC(C(=O)N(Cc3sccc3C)C3CCS(=O)(=O)C3)CC2=O)cc1. The molecule has 2 amide bonds. The van der Waals surface area contributed by atoms with Crippen LogP contribution in [0, 0.1) is 19.8 Å². The summed E-state index contributed by atoms with van der Waals surface area (Å²) in [5.74, 6) is -0.366. The molecular formula is C24H30N2O4S2. The Morgan fingerprint density at radius 2 is 1.94 bits per heavy atom. The van der Waals surface area contributed by atoms with Gasteiger partial charge in [0.2, 0.25) is 11.8 Å². The fourth-order valence-electron chi connectivity index (χ4n) is 4.54. The van der Waals surface area contributed by atoms with Gasteiger partial charge in [-0.1, -0.05) is 29.8 Å². The van der Waals surface area contributed by atoms with Gasteiger partial charge in [-0.2, -0.15) is 0 Å². The lowest BCUT2D eigenvalue weighted by atomic mass is 10.0. The molecule has 2 aliphatic rings. The predicted octanol–water partition coefficient (Wildman–Crippen LogP) is 2.97. The summed E-state index contributed by atoms with van der Waals surface area (Å²) in [7, 11) is -3.12. The minimum atomic E-state index is -3.12. The zero-order valence-corrected chi connectivity index (χ0v) is 20.3. The van der Waals surface area contributed by atoms with E-state index in [4.69, 9.17) is 0 Å². The molecule has 2 unspecified atom stereocenters. The van der Waals surface area contributed by atoms with Crippen LogP contribution in [0.1, 0.15) is 34.4 Å². The van der Waals surface area contributed by atoms with E-state index >= 15 is 0 Å². The zero-order valence-electron chi connectivity index (χ0n) is 18.6. The van der Waals surface area contributed by atoms with Crippen molar-refractivity contribution in [3.05, 3.63) is 57.3 Å². The number of thiophene rings is 1. The Morgan fingerprint density at radius 1 is 1.19 bits per heavy atom. The number of likely N-dealkylation sites (tertiary alicyclic amines) is 1. The van der Waals surface area contributed by atoms with Crippen molar-refractivity contribution in [3.63, 3.8) is 0 Å². The first-order chi connectivity index (χ1) is 15.2. The number of hydrogen-bond acceptors (Lipinski definition) is 5. The number of aryl methyl sites for hydroxylation is 2. The topological polar surface area (TPSA) is 74.8 Å². The highest BCUT2D eigenvalue weighted by Gasteiger charge is 2.41. The number of carbonyl (C=O) groups is 2. The van der Waals surface area contributed by atoms with E-state index in [0.717, 1.165) is 16.9 Å². The Hall–Kier alpha value is -2.19. The van der Waals surface area contributed by atoms with Crippen molar-refractivity contribution >= 4 is 33.0 Å². The average Bonchev–Trinajstić information content (AvgIpc) is 3.43. The molecule has 32 heavy (non-hydrogen) atoms. The Balaban J connectivity index is 1.45. The Bertz CT molecular complexity index is 1090. The van der Waals surface area contributed by atoms with Gasteiger partial charge in [-0.25, -0.2) is 8.42 Å². The molecular weight excluding hydrogens is 444 g/mol. The van der Waals surface area contributed by atoms with Gasteiger partial charge in [0.25, 0.3) is 0 Å². The monoisotopic (exact) mass is 474 g/mol. The second kappa shape index (κ2) is 9.35. The molecule has 172 valence electrons. The molecule has 3 heterocycles. The van der Waals surface area contributed by atoms with Crippen molar-refractivity contribution in [2.24, 2.45) is 5.92 Å². The Morgan fingerprint density at radius 3 is 2.56 bits per heavy atom. The van der Waals surface area contributed by atoms with Crippen LogP contribution >= 0.6 is 11.3 Å². The molecule has 2 fully saturated rings. The molecule has 2 aliphatic heterocycles. The normalized spacial score (nSPS) is 22.4. The summed E-state index contributed by atoms with van der Waals surface area (Å²) in [5.41, 5.74) is 3.48. The maximum absolute atomic E-state index is 13.5. The number of sulfone groups is 1. The van der Waals surface area contributed by atoms with Gasteiger partial charge in [0.1, 0.15) is 0 Å². The van der Waals surface area contributed by atoms with Gasteiger partial charge >= 0.3 is 0 Å². The average molecular weight is 475 g/mol. The Kier molecular flexibility index (Phi) is 6.72. The van der Waals surface area contributed by atoms with E-state index in [1.54, 1.807) is 21.1 Å². The van der Waals surface area contributed by atoms with E-state index in [-0.39, 0.29) is 35.8 Å². The van der Waals surface area contributed by atoms with Gasteiger partial charge in [0.15, 0.2) is 9.84 Å². The van der Waals surface area contributed by atoms with Crippen LogP contribution in [0.5, 0.6) is 0 Å². The number of hydrogen-bond donors (Lipinski definition) is 0. The van der Waals surface area contributed by atoms with E-state index in [1.165, 1.54) is 11.1 Å². The molecule has 0 spiro atoms. The standard InChI is InChI=1S/C24H30N2O4S2/c1-17-3-5-19(6-4-17)7-10-25-14-20(13-23(25)27)24(28)26(15-22-18(2)8-11-31-22)21-9-12-32(29,30)16-21/h3-6,8,11,20-21H,7,9-10,12-16H2,1-2H3. The quantitative estimate of drug-likeness (QED) is 0.618. The predicted molar refractivity (Wildman–Crippen MR) is 126 cm³/mol. The number of amides is 2. The van der Waals surface area contributed by atoms with Crippen molar-refractivity contribution in [1.29, 1.82) is 0 Å². The van der Waals surface area contributed by atoms with E-state index < -0.39 is 15.8 Å². The third kappa shape index (κ3) is 5.23. The maximum atomic E-state index is 13.5. The van der Waals surface area contributed by atoms with Crippen LogP contribution in [-0.2, 0) is 32.4 Å². The van der Waals surface area contributed by atoms with Gasteiger partial charge in [0, 0.05) is 30.4 Å². The first-order valence-corrected chi connectivity index (χ1v) is 13.8. The van der Waals surface area contributed by atoms with Crippen LogP contribution in [0.3, 0.4) is 0 Å². The van der Waals surface area contributed by atoms with Crippen LogP contribution in [0.4, 0.5) is 0 Å². The van der Waals surface area contributed by atoms with Crippen molar-refractivity contribution < 1.29 is 18.0 Å². The number of benzene rings is 1. The first-order valence-electron chi connectivity index (χ1n) is 11.1. The molecule has 1 aromatic heterocycles. The lowest BCUT2D eigenvalue weighted by Crippen LogP contribution is -2.44. The van der Waals surface area contributed by atoms with E-state index in [0.29, 0.717) is 26.1 Å². The highest BCUT2D eigenvalue weighted by molar-refractivity contribution is 7.91. The molecule has 0 radical (unpaired) electrons. The summed E-state index contributed by atoms with van der Waals surface area (Å²) in [5, 5.41) is 1.99. The largest absolute Gasteiger partial charge is 0.342 e. The summed E-state index contributed by atoms with van der Waals surface area (Å²) in [6.07, 6.45) is 1.42. The van der Waals surface area contributed by atoms with Crippen LogP contribution < -0.4 is 0 Å². The molecule has 0 saturated carbocycles. The number of rotatable bonds is 7. The molecule has 2 saturated heterocycles. The molecule has 6 nitrogen and oxygen atoms in total. The number of nitrogens with zero attached hydrogens (tertiary/aromatic N) is 2. The van der Waals surface area contributed by atoms with Gasteiger partial charge in [-0.15, -0.1) is 11.3 Å². The van der Waals surface area contributed by atoms with Crippen molar-refractivity contribution in [1.82, 2.24) is 9.80 Å². The van der Waals surface area contributed by atoms with Crippen LogP contribution in [0.15, 0.2) is 35.7 Å². The molecule has 2 aromatic rings. The smallest absolute Gasteiger partial charge is 0.228 e. The number of carbonyl (C=O) groups excluding carboxylic acids is 2. The van der Waals surface area contributed by atoms with Crippen LogP contribution in [0.2, 0.25) is 0 Å². The fraction of sp³-hybridized carbons (Fsp3) is 0.500. The third-order valence-corrected chi connectivity index (χ3v) is 9.33. The summed E-state index contributed by atoms with van der Waals surface area (Å²) in [6.45, 7) is 5.46. The second-order valence-electron chi connectivity index (χ2n) is 9.03. The van der Waals surface area contributed by atoms with Gasteiger partial charge in [-0.05, 0) is 49.3 Å². The Labute approximate surface area is 194 Å². The van der Waals surface area contributed by atoms with E-state index in [2.05, 4.69) is 24.3 Å². The molecule has 2 atom stereocenters. The molecule has 0 aliphatic carbocycles. The molecule has 0 bridgehead atoms. The van der Waals surface area contributed by atoms with Crippen molar-refractivity contribution in [2.75, 3.05) is 24.6 Å². The van der Waals surface area contributed by atoms with Gasteiger partial charge in [0.05, 0.1) is 24.0 Å². The summed E-state index contributed by atoms with van der Waals surface area (Å²) in [4.78, 5) is 30.8. The summed E-state index contributed by atoms with van der Waals surface area (Å²) >= 11 is 1.58. The third-order valence-electron chi connectivity index (χ3n) is 6.57. The molecule has 4 rings (SSSR count). The van der Waals surface area contributed by atoms with E-state index in [9.17, 15) is 18.0 Å². The van der Waals surface area contributed by atoms with E-state index in [1.807, 2.05) is 25.3 Å². The van der Waals surface area contributed by atoms with Crippen LogP contribution in [0.25, 0.3) is 0 Å².